The van der Waals surface area contributed by atoms with E-state index in [0.717, 1.165) is 5.56 Å². The molecule has 1 heterocycles. The summed E-state index contributed by atoms with van der Waals surface area (Å²) in [6.45, 7) is 2.03. The first kappa shape index (κ1) is 12.7. The van der Waals surface area contributed by atoms with Crippen molar-refractivity contribution in [3.63, 3.8) is 0 Å². The number of ether oxygens (including phenoxy) is 1. The van der Waals surface area contributed by atoms with Crippen LogP contribution in [0.5, 0.6) is 0 Å². The second-order valence-electron chi connectivity index (χ2n) is 3.17. The van der Waals surface area contributed by atoms with E-state index in [1.807, 2.05) is 12.3 Å². The third-order valence-corrected chi connectivity index (χ3v) is 2.72. The molecule has 0 aliphatic rings. The van der Waals surface area contributed by atoms with Crippen molar-refractivity contribution in [2.75, 3.05) is 19.8 Å². The molecule has 16 heavy (non-hydrogen) atoms. The molecule has 6 heteroatoms. The van der Waals surface area contributed by atoms with Gasteiger partial charge in [0.2, 0.25) is 0 Å². The zero-order valence-corrected chi connectivity index (χ0v) is 9.67. The summed E-state index contributed by atoms with van der Waals surface area (Å²) in [7, 11) is 0. The van der Waals surface area contributed by atoms with Crippen molar-refractivity contribution in [2.45, 2.75) is 6.92 Å². The maximum absolute atomic E-state index is 11.5. The predicted molar refractivity (Wildman–Crippen MR) is 59.8 cm³/mol. The Morgan fingerprint density at radius 3 is 2.81 bits per heavy atom. The molecule has 5 nitrogen and oxygen atoms in total. The second-order valence-corrected chi connectivity index (χ2v) is 3.91. The fourth-order valence-corrected chi connectivity index (χ4v) is 1.91. The fraction of sp³-hybridized carbons (Fsp3) is 0.400. The van der Waals surface area contributed by atoms with E-state index in [1.54, 1.807) is 5.38 Å². The molecule has 1 amide bonds. The van der Waals surface area contributed by atoms with Crippen LogP contribution < -0.4 is 5.32 Å². The highest BCUT2D eigenvalue weighted by atomic mass is 32.1. The van der Waals surface area contributed by atoms with Gasteiger partial charge in [-0.05, 0) is 17.9 Å². The van der Waals surface area contributed by atoms with Crippen molar-refractivity contribution in [1.29, 1.82) is 0 Å². The van der Waals surface area contributed by atoms with Crippen molar-refractivity contribution < 1.29 is 19.4 Å². The van der Waals surface area contributed by atoms with Crippen molar-refractivity contribution >= 4 is 23.2 Å². The van der Waals surface area contributed by atoms with Crippen LogP contribution in [-0.4, -0.2) is 36.7 Å². The van der Waals surface area contributed by atoms with Crippen LogP contribution in [0.25, 0.3) is 0 Å². The Morgan fingerprint density at radius 1 is 1.50 bits per heavy atom. The van der Waals surface area contributed by atoms with Crippen LogP contribution in [0.1, 0.15) is 15.9 Å². The molecule has 0 spiro atoms. The molecular formula is C10H13NO4S. The molecule has 0 bridgehead atoms. The highest BCUT2D eigenvalue weighted by molar-refractivity contribution is 7.08. The summed E-state index contributed by atoms with van der Waals surface area (Å²) in [5.74, 6) is -1.17. The number of hydrogen-bond acceptors (Lipinski definition) is 4. The molecule has 2 N–H and O–H groups in total. The zero-order chi connectivity index (χ0) is 12.0. The SMILES string of the molecule is Cc1cscc1C(=O)NCCOCC(=O)O. The van der Waals surface area contributed by atoms with Gasteiger partial charge in [-0.2, -0.15) is 11.3 Å². The Bertz CT molecular complexity index is 375. The Morgan fingerprint density at radius 2 is 2.25 bits per heavy atom. The number of carbonyl (C=O) groups excluding carboxylic acids is 1. The summed E-state index contributed by atoms with van der Waals surface area (Å²) in [5, 5.41) is 14.6. The number of hydrogen-bond donors (Lipinski definition) is 2. The summed E-state index contributed by atoms with van der Waals surface area (Å²) >= 11 is 1.47. The normalized spacial score (nSPS) is 10.1. The lowest BCUT2D eigenvalue weighted by Gasteiger charge is -2.04. The minimum Gasteiger partial charge on any atom is -0.480 e. The summed E-state index contributed by atoms with van der Waals surface area (Å²) in [6, 6.07) is 0. The standard InChI is InChI=1S/C10H13NO4S/c1-7-5-16-6-8(7)10(14)11-2-3-15-4-9(12)13/h5-6H,2-4H2,1H3,(H,11,14)(H,12,13). The molecule has 0 fully saturated rings. The monoisotopic (exact) mass is 243 g/mol. The van der Waals surface area contributed by atoms with E-state index >= 15 is 0 Å². The highest BCUT2D eigenvalue weighted by Gasteiger charge is 2.08. The van der Waals surface area contributed by atoms with Gasteiger partial charge in [0, 0.05) is 11.9 Å². The lowest BCUT2D eigenvalue weighted by atomic mass is 10.2. The van der Waals surface area contributed by atoms with Gasteiger partial charge >= 0.3 is 5.97 Å². The Kier molecular flexibility index (Phi) is 4.94. The van der Waals surface area contributed by atoms with Crippen LogP contribution in [0, 0.1) is 6.92 Å². The van der Waals surface area contributed by atoms with Crippen LogP contribution in [0.4, 0.5) is 0 Å². The molecule has 0 saturated heterocycles. The van der Waals surface area contributed by atoms with E-state index in [4.69, 9.17) is 9.84 Å². The zero-order valence-electron chi connectivity index (χ0n) is 8.86. The molecule has 0 aromatic carbocycles. The van der Waals surface area contributed by atoms with Gasteiger partial charge in [-0.3, -0.25) is 4.79 Å². The maximum atomic E-state index is 11.5. The quantitative estimate of drug-likeness (QED) is 0.727. The van der Waals surface area contributed by atoms with E-state index in [2.05, 4.69) is 5.32 Å². The fourth-order valence-electron chi connectivity index (χ4n) is 1.08. The Hall–Kier alpha value is -1.40. The number of carboxylic acids is 1. The molecular weight excluding hydrogens is 230 g/mol. The highest BCUT2D eigenvalue weighted by Crippen LogP contribution is 2.12. The van der Waals surface area contributed by atoms with E-state index in [0.29, 0.717) is 12.1 Å². The lowest BCUT2D eigenvalue weighted by Crippen LogP contribution is -2.28. The van der Waals surface area contributed by atoms with Gasteiger partial charge in [0.05, 0.1) is 12.2 Å². The number of amides is 1. The average molecular weight is 243 g/mol. The summed E-state index contributed by atoms with van der Waals surface area (Å²) in [5.41, 5.74) is 1.59. The smallest absolute Gasteiger partial charge is 0.329 e. The number of thiophene rings is 1. The van der Waals surface area contributed by atoms with Crippen molar-refractivity contribution in [3.05, 3.63) is 21.9 Å². The van der Waals surface area contributed by atoms with Crippen LogP contribution in [0.2, 0.25) is 0 Å². The average Bonchev–Trinajstić information content (AvgIpc) is 2.63. The number of carboxylic acid groups (broad SMARTS) is 1. The molecule has 1 rings (SSSR count). The first-order valence-corrected chi connectivity index (χ1v) is 5.66. The third kappa shape index (κ3) is 4.00. The first-order valence-electron chi connectivity index (χ1n) is 4.72. The van der Waals surface area contributed by atoms with Gasteiger partial charge in [0.15, 0.2) is 0 Å². The molecule has 1 aromatic heterocycles. The van der Waals surface area contributed by atoms with Crippen molar-refractivity contribution in [2.24, 2.45) is 0 Å². The lowest BCUT2D eigenvalue weighted by molar-refractivity contribution is -0.142. The molecule has 1 aromatic rings. The Labute approximate surface area is 97.0 Å². The van der Waals surface area contributed by atoms with Crippen LogP contribution in [-0.2, 0) is 9.53 Å². The minimum absolute atomic E-state index is 0.155. The van der Waals surface area contributed by atoms with E-state index in [9.17, 15) is 9.59 Å². The minimum atomic E-state index is -1.01. The van der Waals surface area contributed by atoms with Crippen LogP contribution in [0.15, 0.2) is 10.8 Å². The van der Waals surface area contributed by atoms with Crippen molar-refractivity contribution in [1.82, 2.24) is 5.32 Å². The van der Waals surface area contributed by atoms with Gasteiger partial charge in [-0.15, -0.1) is 0 Å². The number of carbonyl (C=O) groups is 2. The van der Waals surface area contributed by atoms with Gasteiger partial charge < -0.3 is 15.2 Å². The first-order chi connectivity index (χ1) is 7.61. The third-order valence-electron chi connectivity index (χ3n) is 1.86. The van der Waals surface area contributed by atoms with Gasteiger partial charge in [-0.1, -0.05) is 0 Å². The van der Waals surface area contributed by atoms with Gasteiger partial charge in [0.1, 0.15) is 6.61 Å². The van der Waals surface area contributed by atoms with Crippen LogP contribution in [0.3, 0.4) is 0 Å². The molecule has 88 valence electrons. The van der Waals surface area contributed by atoms with Gasteiger partial charge in [-0.25, -0.2) is 4.79 Å². The van der Waals surface area contributed by atoms with E-state index in [1.165, 1.54) is 11.3 Å². The van der Waals surface area contributed by atoms with E-state index < -0.39 is 5.97 Å². The Balaban J connectivity index is 2.21. The maximum Gasteiger partial charge on any atom is 0.329 e. The number of rotatable bonds is 6. The molecule has 0 aliphatic heterocycles. The predicted octanol–water partition coefficient (Wildman–Crippen LogP) is 0.888. The molecule has 0 atom stereocenters. The number of nitrogens with one attached hydrogen (secondary N) is 1. The van der Waals surface area contributed by atoms with Crippen LogP contribution >= 0.6 is 11.3 Å². The summed E-state index contributed by atoms with van der Waals surface area (Å²) < 4.78 is 4.78. The molecule has 0 aliphatic carbocycles. The number of aryl methyl sites for hydroxylation is 1. The second kappa shape index (κ2) is 6.24. The molecule has 0 saturated carbocycles. The van der Waals surface area contributed by atoms with Gasteiger partial charge in [0.25, 0.3) is 5.91 Å². The summed E-state index contributed by atoms with van der Waals surface area (Å²) in [6.07, 6.45) is 0. The molecule has 0 radical (unpaired) electrons. The number of aliphatic carboxylic acids is 1. The topological polar surface area (TPSA) is 75.6 Å². The summed E-state index contributed by atoms with van der Waals surface area (Å²) in [4.78, 5) is 21.7. The largest absolute Gasteiger partial charge is 0.480 e. The van der Waals surface area contributed by atoms with E-state index in [-0.39, 0.29) is 19.1 Å². The molecule has 0 unspecified atom stereocenters. The van der Waals surface area contributed by atoms with Crippen molar-refractivity contribution in [3.8, 4) is 0 Å².